The molecule has 0 amide bonds. The number of hydrogen-bond donors (Lipinski definition) is 0. The first-order valence-electron chi connectivity index (χ1n) is 21.9. The van der Waals surface area contributed by atoms with Crippen molar-refractivity contribution in [3.8, 4) is 44.5 Å². The van der Waals surface area contributed by atoms with Crippen LogP contribution in [-0.4, -0.2) is 0 Å². The van der Waals surface area contributed by atoms with Crippen LogP contribution in [0.25, 0.3) is 98.4 Å². The minimum absolute atomic E-state index is 0.0189. The Morgan fingerprint density at radius 3 is 1.50 bits per heavy atom. The number of hydrogen-bond acceptors (Lipinski definition) is 0. The third kappa shape index (κ3) is 4.78. The van der Waals surface area contributed by atoms with Gasteiger partial charge >= 0.3 is 0 Å². The Balaban J connectivity index is 1.32. The van der Waals surface area contributed by atoms with Crippen molar-refractivity contribution in [2.45, 2.75) is 51.4 Å². The van der Waals surface area contributed by atoms with Gasteiger partial charge in [0.15, 0.2) is 0 Å². The zero-order valence-corrected chi connectivity index (χ0v) is 32.3. The van der Waals surface area contributed by atoms with E-state index in [-0.39, 0.29) is 35.0 Å². The molecule has 0 saturated carbocycles. The highest BCUT2D eigenvalue weighted by Crippen LogP contribution is 2.55. The molecule has 11 rings (SSSR count). The predicted molar refractivity (Wildman–Crippen MR) is 242 cm³/mol. The van der Waals surface area contributed by atoms with E-state index in [2.05, 4.69) is 173 Å². The number of benzene rings is 10. The van der Waals surface area contributed by atoms with E-state index in [0.717, 1.165) is 73.2 Å². The standard InChI is InChI=1S/C56H44/c1-55(2)33-34-56(3,4)54-48(55)32-31-47(51(54)36-17-9-6-10-18-36)53-42-21-13-11-19-40(42)52(41-20-12-14-22-43(41)53)46-28-26-38-24-23-37-25-27-39(35-15-7-5-8-16-35)44-29-30-45(46)50(38)49(37)44/h5-32H,33-34H2,1-4H3/i11D,13D,19D,21D. The second kappa shape index (κ2) is 12.1. The van der Waals surface area contributed by atoms with Crippen LogP contribution in [0, 0.1) is 0 Å². The molecule has 0 unspecified atom stereocenters. The van der Waals surface area contributed by atoms with Crippen LogP contribution < -0.4 is 0 Å². The molecule has 0 heterocycles. The van der Waals surface area contributed by atoms with Crippen LogP contribution in [0.15, 0.2) is 170 Å². The molecular weight excluding hydrogens is 673 g/mol. The molecule has 268 valence electrons. The molecule has 0 radical (unpaired) electrons. The Bertz CT molecular complexity index is 3400. The second-order valence-corrected chi connectivity index (χ2v) is 17.1. The van der Waals surface area contributed by atoms with Crippen molar-refractivity contribution in [1.82, 2.24) is 0 Å². The maximum absolute atomic E-state index is 9.80. The SMILES string of the molecule is [2H]c1c([2H])c([2H])c2c(-c3ccc4ccc5ccc(-c6ccccc6)c6ccc3c4c56)c3ccccc3c(-c3ccc4c(c3-c3ccccc3)C(C)(C)CCC4(C)C)c2c1[2H]. The molecule has 0 aromatic heterocycles. The van der Waals surface area contributed by atoms with Crippen molar-refractivity contribution in [3.05, 3.63) is 181 Å². The van der Waals surface area contributed by atoms with E-state index in [0.29, 0.717) is 10.8 Å². The van der Waals surface area contributed by atoms with Gasteiger partial charge < -0.3 is 0 Å². The Hall–Kier alpha value is -6.24. The number of fused-ring (bicyclic) bond motifs is 3. The van der Waals surface area contributed by atoms with E-state index in [1.807, 2.05) is 0 Å². The quantitative estimate of drug-likeness (QED) is 0.125. The second-order valence-electron chi connectivity index (χ2n) is 17.1. The predicted octanol–water partition coefficient (Wildman–Crippen LogP) is 15.9. The topological polar surface area (TPSA) is 0 Å². The third-order valence-electron chi connectivity index (χ3n) is 13.0. The number of rotatable bonds is 4. The van der Waals surface area contributed by atoms with Crippen LogP contribution in [0.4, 0.5) is 0 Å². The lowest BCUT2D eigenvalue weighted by atomic mass is 9.60. The minimum Gasteiger partial charge on any atom is -0.0622 e. The van der Waals surface area contributed by atoms with E-state index in [4.69, 9.17) is 2.74 Å². The van der Waals surface area contributed by atoms with Gasteiger partial charge in [0.2, 0.25) is 0 Å². The first-order valence-corrected chi connectivity index (χ1v) is 19.9. The van der Waals surface area contributed by atoms with Crippen molar-refractivity contribution >= 4 is 53.9 Å². The summed E-state index contributed by atoms with van der Waals surface area (Å²) in [5, 5.41) is 9.94. The Morgan fingerprint density at radius 2 is 0.875 bits per heavy atom. The maximum atomic E-state index is 9.80. The molecule has 1 aliphatic rings. The van der Waals surface area contributed by atoms with Gasteiger partial charge in [-0.05, 0) is 133 Å². The molecule has 1 aliphatic carbocycles. The molecule has 0 fully saturated rings. The average molecular weight is 721 g/mol. The lowest BCUT2D eigenvalue weighted by molar-refractivity contribution is 0.333. The van der Waals surface area contributed by atoms with Gasteiger partial charge in [-0.2, -0.15) is 0 Å². The van der Waals surface area contributed by atoms with Crippen molar-refractivity contribution in [2.24, 2.45) is 0 Å². The minimum atomic E-state index is -0.225. The van der Waals surface area contributed by atoms with Crippen molar-refractivity contribution < 1.29 is 5.48 Å². The van der Waals surface area contributed by atoms with Crippen LogP contribution in [0.5, 0.6) is 0 Å². The summed E-state index contributed by atoms with van der Waals surface area (Å²) in [6.45, 7) is 9.42. The monoisotopic (exact) mass is 720 g/mol. The van der Waals surface area contributed by atoms with Gasteiger partial charge in [-0.25, -0.2) is 0 Å². The van der Waals surface area contributed by atoms with Gasteiger partial charge in [0.05, 0.1) is 5.48 Å². The lowest BCUT2D eigenvalue weighted by Gasteiger charge is -2.44. The summed E-state index contributed by atoms with van der Waals surface area (Å²) in [4.78, 5) is 0. The molecule has 0 heteroatoms. The largest absolute Gasteiger partial charge is 0.0629 e. The highest BCUT2D eigenvalue weighted by atomic mass is 14.4. The van der Waals surface area contributed by atoms with E-state index in [1.165, 1.54) is 38.4 Å². The Morgan fingerprint density at radius 1 is 0.393 bits per heavy atom. The van der Waals surface area contributed by atoms with Gasteiger partial charge in [-0.3, -0.25) is 0 Å². The first kappa shape index (κ1) is 29.1. The maximum Gasteiger partial charge on any atom is 0.0629 e. The highest BCUT2D eigenvalue weighted by Gasteiger charge is 2.40. The lowest BCUT2D eigenvalue weighted by Crippen LogP contribution is -2.34. The van der Waals surface area contributed by atoms with E-state index < -0.39 is 0 Å². The van der Waals surface area contributed by atoms with Crippen molar-refractivity contribution in [1.29, 1.82) is 0 Å². The molecule has 0 atom stereocenters. The molecule has 10 aromatic carbocycles. The zero-order chi connectivity index (χ0) is 41.2. The Kier molecular flexibility index (Phi) is 6.30. The fourth-order valence-electron chi connectivity index (χ4n) is 10.2. The van der Waals surface area contributed by atoms with Crippen molar-refractivity contribution in [3.63, 3.8) is 0 Å². The summed E-state index contributed by atoms with van der Waals surface area (Å²) in [6.07, 6.45) is 2.12. The van der Waals surface area contributed by atoms with Crippen LogP contribution >= 0.6 is 0 Å². The molecule has 0 nitrogen and oxygen atoms in total. The van der Waals surface area contributed by atoms with Gasteiger partial charge in [-0.15, -0.1) is 0 Å². The van der Waals surface area contributed by atoms with E-state index in [9.17, 15) is 2.74 Å². The molecular formula is C56H44. The van der Waals surface area contributed by atoms with Crippen LogP contribution in [0.2, 0.25) is 0 Å². The van der Waals surface area contributed by atoms with E-state index in [1.54, 1.807) is 0 Å². The van der Waals surface area contributed by atoms with Crippen LogP contribution in [-0.2, 0) is 10.8 Å². The third-order valence-corrected chi connectivity index (χ3v) is 13.0. The average Bonchev–Trinajstić information content (AvgIpc) is 3.27. The molecule has 0 aliphatic heterocycles. The van der Waals surface area contributed by atoms with Crippen LogP contribution in [0.1, 0.15) is 57.1 Å². The van der Waals surface area contributed by atoms with Gasteiger partial charge in [0, 0.05) is 0 Å². The molecule has 0 bridgehead atoms. The molecule has 0 saturated heterocycles. The molecule has 10 aromatic rings. The first-order chi connectivity index (χ1) is 29.0. The summed E-state index contributed by atoms with van der Waals surface area (Å²) in [7, 11) is 0. The summed E-state index contributed by atoms with van der Waals surface area (Å²) < 4.78 is 37.9. The summed E-state index contributed by atoms with van der Waals surface area (Å²) in [5.74, 6) is 0. The zero-order valence-electron chi connectivity index (χ0n) is 36.3. The molecule has 56 heavy (non-hydrogen) atoms. The smallest absolute Gasteiger partial charge is 0.0622 e. The summed E-state index contributed by atoms with van der Waals surface area (Å²) >= 11 is 0. The van der Waals surface area contributed by atoms with Gasteiger partial charge in [-0.1, -0.05) is 197 Å². The van der Waals surface area contributed by atoms with Gasteiger partial charge in [0.1, 0.15) is 0 Å². The Labute approximate surface area is 335 Å². The fraction of sp³-hybridized carbons (Fsp3) is 0.143. The highest BCUT2D eigenvalue weighted by molar-refractivity contribution is 6.31. The normalized spacial score (nSPS) is 15.9. The van der Waals surface area contributed by atoms with Crippen LogP contribution in [0.3, 0.4) is 0 Å². The molecule has 0 spiro atoms. The van der Waals surface area contributed by atoms with Gasteiger partial charge in [0.25, 0.3) is 0 Å². The summed E-state index contributed by atoms with van der Waals surface area (Å²) in [5.41, 5.74) is 10.8. The molecule has 0 N–H and O–H groups in total. The van der Waals surface area contributed by atoms with E-state index >= 15 is 0 Å². The summed E-state index contributed by atoms with van der Waals surface area (Å²) in [6, 6.07) is 51.4. The fourth-order valence-corrected chi connectivity index (χ4v) is 10.2. The van der Waals surface area contributed by atoms with Crippen molar-refractivity contribution in [2.75, 3.05) is 0 Å².